The van der Waals surface area contributed by atoms with Gasteiger partial charge in [-0.25, -0.2) is 0 Å². The number of piperazine rings is 1. The molecule has 0 unspecified atom stereocenters. The van der Waals surface area contributed by atoms with Crippen molar-refractivity contribution in [2.75, 3.05) is 44.2 Å². The summed E-state index contributed by atoms with van der Waals surface area (Å²) in [4.78, 5) is 16.9. The SMILES string of the molecule is CCc1ccc(CCC(=O)NCCN2CCN(c3ccccc3)CC2)cc1. The molecule has 0 bridgehead atoms. The van der Waals surface area contributed by atoms with Crippen LogP contribution in [0, 0.1) is 0 Å². The average Bonchev–Trinajstić information content (AvgIpc) is 2.74. The van der Waals surface area contributed by atoms with Crippen molar-refractivity contribution < 1.29 is 4.79 Å². The second-order valence-corrected chi connectivity index (χ2v) is 7.18. The Morgan fingerprint density at radius 3 is 2.26 bits per heavy atom. The highest BCUT2D eigenvalue weighted by Crippen LogP contribution is 2.15. The number of anilines is 1. The number of nitrogens with zero attached hydrogens (tertiary/aromatic N) is 2. The number of hydrogen-bond donors (Lipinski definition) is 1. The van der Waals surface area contributed by atoms with E-state index in [1.807, 2.05) is 0 Å². The highest BCUT2D eigenvalue weighted by molar-refractivity contribution is 5.76. The van der Waals surface area contributed by atoms with E-state index >= 15 is 0 Å². The van der Waals surface area contributed by atoms with E-state index in [1.54, 1.807) is 0 Å². The molecule has 0 saturated carbocycles. The number of nitrogens with one attached hydrogen (secondary N) is 1. The van der Waals surface area contributed by atoms with Crippen molar-refractivity contribution in [1.82, 2.24) is 10.2 Å². The van der Waals surface area contributed by atoms with E-state index in [-0.39, 0.29) is 5.91 Å². The van der Waals surface area contributed by atoms with E-state index in [1.165, 1.54) is 16.8 Å². The molecule has 2 aromatic carbocycles. The Morgan fingerprint density at radius 1 is 0.926 bits per heavy atom. The molecule has 1 aliphatic rings. The van der Waals surface area contributed by atoms with Crippen molar-refractivity contribution in [3.05, 3.63) is 65.7 Å². The molecular formula is C23H31N3O. The Hall–Kier alpha value is -2.33. The highest BCUT2D eigenvalue weighted by atomic mass is 16.1. The molecule has 0 spiro atoms. The average molecular weight is 366 g/mol. The first-order valence-corrected chi connectivity index (χ1v) is 10.1. The lowest BCUT2D eigenvalue weighted by molar-refractivity contribution is -0.121. The number of carbonyl (C=O) groups is 1. The maximum Gasteiger partial charge on any atom is 0.220 e. The molecule has 1 amide bonds. The third-order valence-corrected chi connectivity index (χ3v) is 5.32. The van der Waals surface area contributed by atoms with Crippen molar-refractivity contribution >= 4 is 11.6 Å². The number of hydrogen-bond acceptors (Lipinski definition) is 3. The van der Waals surface area contributed by atoms with Gasteiger partial charge >= 0.3 is 0 Å². The molecule has 3 rings (SSSR count). The van der Waals surface area contributed by atoms with Crippen molar-refractivity contribution in [1.29, 1.82) is 0 Å². The molecule has 1 N–H and O–H groups in total. The molecule has 0 aromatic heterocycles. The fraction of sp³-hybridized carbons (Fsp3) is 0.435. The van der Waals surface area contributed by atoms with Gasteiger partial charge in [-0.1, -0.05) is 49.4 Å². The van der Waals surface area contributed by atoms with E-state index in [0.29, 0.717) is 6.42 Å². The molecule has 27 heavy (non-hydrogen) atoms. The maximum absolute atomic E-state index is 12.1. The summed E-state index contributed by atoms with van der Waals surface area (Å²) in [5.74, 6) is 0.150. The quantitative estimate of drug-likeness (QED) is 0.781. The van der Waals surface area contributed by atoms with Gasteiger partial charge < -0.3 is 10.2 Å². The van der Waals surface area contributed by atoms with Gasteiger partial charge in [0.2, 0.25) is 5.91 Å². The lowest BCUT2D eigenvalue weighted by Crippen LogP contribution is -2.48. The predicted octanol–water partition coefficient (Wildman–Crippen LogP) is 3.12. The molecule has 0 radical (unpaired) electrons. The summed E-state index contributed by atoms with van der Waals surface area (Å²) in [7, 11) is 0. The third-order valence-electron chi connectivity index (χ3n) is 5.32. The Bertz CT molecular complexity index is 691. The lowest BCUT2D eigenvalue weighted by atomic mass is 10.1. The monoisotopic (exact) mass is 365 g/mol. The van der Waals surface area contributed by atoms with Crippen LogP contribution in [0.15, 0.2) is 54.6 Å². The van der Waals surface area contributed by atoms with Crippen LogP contribution in [-0.4, -0.2) is 50.1 Å². The number of para-hydroxylation sites is 1. The summed E-state index contributed by atoms with van der Waals surface area (Å²) in [5.41, 5.74) is 3.88. The molecule has 1 fully saturated rings. The van der Waals surface area contributed by atoms with Gasteiger partial charge in [0.05, 0.1) is 0 Å². The molecular weight excluding hydrogens is 334 g/mol. The van der Waals surface area contributed by atoms with E-state index < -0.39 is 0 Å². The second-order valence-electron chi connectivity index (χ2n) is 7.18. The molecule has 1 aliphatic heterocycles. The highest BCUT2D eigenvalue weighted by Gasteiger charge is 2.16. The normalized spacial score (nSPS) is 14.9. The molecule has 4 nitrogen and oxygen atoms in total. The van der Waals surface area contributed by atoms with Crippen LogP contribution >= 0.6 is 0 Å². The van der Waals surface area contributed by atoms with Crippen molar-refractivity contribution in [3.8, 4) is 0 Å². The van der Waals surface area contributed by atoms with Crippen molar-refractivity contribution in [2.24, 2.45) is 0 Å². The molecule has 0 atom stereocenters. The topological polar surface area (TPSA) is 35.6 Å². The summed E-state index contributed by atoms with van der Waals surface area (Å²) in [6.45, 7) is 8.02. The molecule has 4 heteroatoms. The first-order valence-electron chi connectivity index (χ1n) is 10.1. The van der Waals surface area contributed by atoms with Crippen LogP contribution in [0.5, 0.6) is 0 Å². The van der Waals surface area contributed by atoms with Gasteiger partial charge in [-0.3, -0.25) is 9.69 Å². The van der Waals surface area contributed by atoms with E-state index in [0.717, 1.165) is 52.1 Å². The number of carbonyl (C=O) groups excluding carboxylic acids is 1. The number of rotatable bonds is 8. The maximum atomic E-state index is 12.1. The van der Waals surface area contributed by atoms with Crippen LogP contribution < -0.4 is 10.2 Å². The third kappa shape index (κ3) is 6.10. The summed E-state index contributed by atoms with van der Waals surface area (Å²) >= 11 is 0. The summed E-state index contributed by atoms with van der Waals surface area (Å²) in [6, 6.07) is 19.2. The van der Waals surface area contributed by atoms with E-state index in [4.69, 9.17) is 0 Å². The fourth-order valence-electron chi connectivity index (χ4n) is 3.51. The first kappa shape index (κ1) is 19.4. The predicted molar refractivity (Wildman–Crippen MR) is 112 cm³/mol. The number of benzene rings is 2. The zero-order valence-corrected chi connectivity index (χ0v) is 16.4. The van der Waals surface area contributed by atoms with Crippen LogP contribution in [0.25, 0.3) is 0 Å². The van der Waals surface area contributed by atoms with Crippen molar-refractivity contribution in [3.63, 3.8) is 0 Å². The summed E-state index contributed by atoms with van der Waals surface area (Å²) in [6.07, 6.45) is 2.43. The van der Waals surface area contributed by atoms with Gasteiger partial charge in [-0.15, -0.1) is 0 Å². The van der Waals surface area contributed by atoms with Crippen LogP contribution in [0.2, 0.25) is 0 Å². The van der Waals surface area contributed by atoms with Gasteiger partial charge in [0.25, 0.3) is 0 Å². The Morgan fingerprint density at radius 2 is 1.59 bits per heavy atom. The van der Waals surface area contributed by atoms with Gasteiger partial charge in [0.1, 0.15) is 0 Å². The molecule has 144 valence electrons. The minimum atomic E-state index is 0.150. The van der Waals surface area contributed by atoms with Gasteiger partial charge in [-0.05, 0) is 36.1 Å². The Kier molecular flexibility index (Phi) is 7.28. The van der Waals surface area contributed by atoms with E-state index in [9.17, 15) is 4.79 Å². The zero-order chi connectivity index (χ0) is 18.9. The van der Waals surface area contributed by atoms with Crippen molar-refractivity contribution in [2.45, 2.75) is 26.2 Å². The van der Waals surface area contributed by atoms with Crippen LogP contribution in [-0.2, 0) is 17.6 Å². The van der Waals surface area contributed by atoms with Gasteiger partial charge in [-0.2, -0.15) is 0 Å². The van der Waals surface area contributed by atoms with E-state index in [2.05, 4.69) is 76.6 Å². The van der Waals surface area contributed by atoms with Crippen LogP contribution in [0.3, 0.4) is 0 Å². The molecule has 1 saturated heterocycles. The molecule has 0 aliphatic carbocycles. The van der Waals surface area contributed by atoms with Gasteiger partial charge in [0, 0.05) is 51.4 Å². The summed E-state index contributed by atoms with van der Waals surface area (Å²) < 4.78 is 0. The zero-order valence-electron chi connectivity index (χ0n) is 16.4. The lowest BCUT2D eigenvalue weighted by Gasteiger charge is -2.36. The Labute approximate surface area is 163 Å². The standard InChI is InChI=1S/C23H31N3O/c1-2-20-8-10-21(11-9-20)12-13-23(27)24-14-15-25-16-18-26(19-17-25)22-6-4-3-5-7-22/h3-11H,2,12-19H2,1H3,(H,24,27). The number of aryl methyl sites for hydroxylation is 2. The smallest absolute Gasteiger partial charge is 0.220 e. The molecule has 2 aromatic rings. The minimum absolute atomic E-state index is 0.150. The fourth-order valence-corrected chi connectivity index (χ4v) is 3.51. The largest absolute Gasteiger partial charge is 0.369 e. The minimum Gasteiger partial charge on any atom is -0.369 e. The van der Waals surface area contributed by atoms with Crippen LogP contribution in [0.4, 0.5) is 5.69 Å². The van der Waals surface area contributed by atoms with Gasteiger partial charge in [0.15, 0.2) is 0 Å². The summed E-state index contributed by atoms with van der Waals surface area (Å²) in [5, 5.41) is 3.07. The molecule has 1 heterocycles. The second kappa shape index (κ2) is 10.1. The van der Waals surface area contributed by atoms with Crippen LogP contribution in [0.1, 0.15) is 24.5 Å². The Balaban J connectivity index is 1.30. The number of amides is 1. The first-order chi connectivity index (χ1) is 13.2.